The number of nitrogens with zero attached hydrogens (tertiary/aromatic N) is 2. The minimum atomic E-state index is 0.277. The van der Waals surface area contributed by atoms with E-state index in [2.05, 4.69) is 34.4 Å². The van der Waals surface area contributed by atoms with Gasteiger partial charge in [0.15, 0.2) is 0 Å². The van der Waals surface area contributed by atoms with Gasteiger partial charge in [0.2, 0.25) is 0 Å². The molecule has 4 nitrogen and oxygen atoms in total. The molecule has 0 fully saturated rings. The molecular weight excluding hydrogens is 260 g/mol. The summed E-state index contributed by atoms with van der Waals surface area (Å²) in [4.78, 5) is 8.93. The van der Waals surface area contributed by atoms with Crippen molar-refractivity contribution in [2.75, 3.05) is 17.7 Å². The molecule has 100 valence electrons. The molecule has 0 saturated heterocycles. The summed E-state index contributed by atoms with van der Waals surface area (Å²) in [5.74, 6) is 2.66. The smallest absolute Gasteiger partial charge is 0.136 e. The van der Waals surface area contributed by atoms with E-state index < -0.39 is 0 Å². The second-order valence-electron chi connectivity index (χ2n) is 4.53. The lowest BCUT2D eigenvalue weighted by molar-refractivity contribution is 0.778. The maximum Gasteiger partial charge on any atom is 0.136 e. The molecule has 1 aromatic heterocycles. The Kier molecular flexibility index (Phi) is 4.22. The third-order valence-electron chi connectivity index (χ3n) is 2.63. The number of anilines is 3. The number of hydrogen-bond donors (Lipinski definition) is 2. The fourth-order valence-electron chi connectivity index (χ4n) is 1.60. The predicted octanol–water partition coefficient (Wildman–Crippen LogP) is 4.04. The van der Waals surface area contributed by atoms with Gasteiger partial charge in [-0.15, -0.1) is 0 Å². The minimum absolute atomic E-state index is 0.277. The second kappa shape index (κ2) is 5.89. The van der Waals surface area contributed by atoms with E-state index in [9.17, 15) is 0 Å². The van der Waals surface area contributed by atoms with Crippen LogP contribution in [-0.4, -0.2) is 17.0 Å². The summed E-state index contributed by atoms with van der Waals surface area (Å²) < 4.78 is 0. The second-order valence-corrected chi connectivity index (χ2v) is 4.97. The van der Waals surface area contributed by atoms with Gasteiger partial charge in [-0.3, -0.25) is 0 Å². The molecule has 0 aliphatic carbocycles. The number of halogens is 1. The summed E-state index contributed by atoms with van der Waals surface area (Å²) >= 11 is 5.87. The Labute approximate surface area is 118 Å². The molecule has 1 heterocycles. The molecule has 0 spiro atoms. The van der Waals surface area contributed by atoms with Crippen LogP contribution >= 0.6 is 11.6 Å². The lowest BCUT2D eigenvalue weighted by atomic mass is 10.2. The lowest BCUT2D eigenvalue weighted by Gasteiger charge is -2.11. The lowest BCUT2D eigenvalue weighted by Crippen LogP contribution is -2.05. The van der Waals surface area contributed by atoms with Crippen LogP contribution in [0.25, 0.3) is 0 Å². The molecule has 5 heteroatoms. The average Bonchev–Trinajstić information content (AvgIpc) is 2.41. The Hall–Kier alpha value is -1.81. The summed E-state index contributed by atoms with van der Waals surface area (Å²) in [5.41, 5.74) is 0.944. The quantitative estimate of drug-likeness (QED) is 0.885. The van der Waals surface area contributed by atoms with Gasteiger partial charge in [0.1, 0.15) is 17.5 Å². The van der Waals surface area contributed by atoms with Gasteiger partial charge in [0.25, 0.3) is 0 Å². The first-order valence-corrected chi connectivity index (χ1v) is 6.55. The van der Waals surface area contributed by atoms with E-state index in [1.54, 1.807) is 0 Å². The zero-order valence-electron chi connectivity index (χ0n) is 11.2. The molecule has 19 heavy (non-hydrogen) atoms. The number of hydrogen-bond acceptors (Lipinski definition) is 4. The van der Waals surface area contributed by atoms with Crippen molar-refractivity contribution < 1.29 is 0 Å². The predicted molar refractivity (Wildman–Crippen MR) is 80.4 cm³/mol. The monoisotopic (exact) mass is 276 g/mol. The van der Waals surface area contributed by atoms with Crippen LogP contribution in [0, 0.1) is 0 Å². The van der Waals surface area contributed by atoms with Crippen molar-refractivity contribution in [2.24, 2.45) is 0 Å². The Bertz CT molecular complexity index is 552. The average molecular weight is 277 g/mol. The number of nitrogens with one attached hydrogen (secondary N) is 2. The largest absolute Gasteiger partial charge is 0.373 e. The molecule has 0 bridgehead atoms. The SMILES string of the molecule is CNc1cc(Nc2ccc(Cl)cc2)nc(C(C)C)n1. The number of rotatable bonds is 4. The van der Waals surface area contributed by atoms with E-state index in [0.717, 1.165) is 23.1 Å². The van der Waals surface area contributed by atoms with Gasteiger partial charge in [-0.05, 0) is 24.3 Å². The Morgan fingerprint density at radius 1 is 1.05 bits per heavy atom. The van der Waals surface area contributed by atoms with Crippen molar-refractivity contribution in [3.63, 3.8) is 0 Å². The highest BCUT2D eigenvalue weighted by molar-refractivity contribution is 6.30. The minimum Gasteiger partial charge on any atom is -0.373 e. The Morgan fingerprint density at radius 2 is 1.68 bits per heavy atom. The fourth-order valence-corrected chi connectivity index (χ4v) is 1.72. The van der Waals surface area contributed by atoms with Gasteiger partial charge in [0, 0.05) is 29.7 Å². The van der Waals surface area contributed by atoms with Gasteiger partial charge in [-0.2, -0.15) is 0 Å². The van der Waals surface area contributed by atoms with Crippen molar-refractivity contribution in [3.05, 3.63) is 41.2 Å². The first kappa shape index (κ1) is 13.6. The number of aromatic nitrogens is 2. The van der Waals surface area contributed by atoms with Crippen molar-refractivity contribution in [3.8, 4) is 0 Å². The fraction of sp³-hybridized carbons (Fsp3) is 0.286. The van der Waals surface area contributed by atoms with Crippen molar-refractivity contribution >= 4 is 28.9 Å². The van der Waals surface area contributed by atoms with E-state index in [4.69, 9.17) is 11.6 Å². The molecule has 0 radical (unpaired) electrons. The summed E-state index contributed by atoms with van der Waals surface area (Å²) in [7, 11) is 1.85. The summed E-state index contributed by atoms with van der Waals surface area (Å²) in [6.45, 7) is 4.14. The summed E-state index contributed by atoms with van der Waals surface area (Å²) in [5, 5.41) is 7.01. The first-order chi connectivity index (χ1) is 9.08. The van der Waals surface area contributed by atoms with Gasteiger partial charge in [0.05, 0.1) is 0 Å². The van der Waals surface area contributed by atoms with Crippen LogP contribution in [0.4, 0.5) is 17.3 Å². The van der Waals surface area contributed by atoms with Gasteiger partial charge in [-0.1, -0.05) is 25.4 Å². The molecule has 2 rings (SSSR count). The summed E-state index contributed by atoms with van der Waals surface area (Å²) in [6, 6.07) is 9.39. The molecule has 2 aromatic rings. The topological polar surface area (TPSA) is 49.8 Å². The highest BCUT2D eigenvalue weighted by atomic mass is 35.5. The van der Waals surface area contributed by atoms with Gasteiger partial charge in [-0.25, -0.2) is 9.97 Å². The third kappa shape index (κ3) is 3.58. The van der Waals surface area contributed by atoms with Crippen LogP contribution in [0.15, 0.2) is 30.3 Å². The molecular formula is C14H17ClN4. The Morgan fingerprint density at radius 3 is 2.26 bits per heavy atom. The maximum atomic E-state index is 5.87. The molecule has 0 unspecified atom stereocenters. The molecule has 0 aliphatic rings. The van der Waals surface area contributed by atoms with Crippen LogP contribution in [0.2, 0.25) is 5.02 Å². The van der Waals surface area contributed by atoms with Gasteiger partial charge >= 0.3 is 0 Å². The molecule has 2 N–H and O–H groups in total. The highest BCUT2D eigenvalue weighted by Gasteiger charge is 2.07. The van der Waals surface area contributed by atoms with Gasteiger partial charge < -0.3 is 10.6 Å². The number of benzene rings is 1. The Balaban J connectivity index is 2.28. The molecule has 0 saturated carbocycles. The van der Waals surface area contributed by atoms with Crippen LogP contribution in [-0.2, 0) is 0 Å². The van der Waals surface area contributed by atoms with E-state index in [0.29, 0.717) is 5.02 Å². The first-order valence-electron chi connectivity index (χ1n) is 6.18. The van der Waals surface area contributed by atoms with Crippen LogP contribution in [0.3, 0.4) is 0 Å². The standard InChI is InChI=1S/C14H17ClN4/c1-9(2)14-18-12(16-3)8-13(19-14)17-11-6-4-10(15)5-7-11/h4-9H,1-3H3,(H2,16,17,18,19). The van der Waals surface area contributed by atoms with E-state index in [1.165, 1.54) is 0 Å². The molecule has 0 atom stereocenters. The summed E-state index contributed by atoms with van der Waals surface area (Å²) in [6.07, 6.45) is 0. The molecule has 0 amide bonds. The van der Waals surface area contributed by atoms with Crippen molar-refractivity contribution in [1.29, 1.82) is 0 Å². The molecule has 0 aliphatic heterocycles. The zero-order valence-corrected chi connectivity index (χ0v) is 12.0. The normalized spacial score (nSPS) is 10.6. The van der Waals surface area contributed by atoms with Crippen LogP contribution in [0.5, 0.6) is 0 Å². The van der Waals surface area contributed by atoms with Crippen molar-refractivity contribution in [1.82, 2.24) is 9.97 Å². The van der Waals surface area contributed by atoms with E-state index >= 15 is 0 Å². The highest BCUT2D eigenvalue weighted by Crippen LogP contribution is 2.21. The van der Waals surface area contributed by atoms with E-state index in [1.807, 2.05) is 37.4 Å². The van der Waals surface area contributed by atoms with Crippen LogP contribution < -0.4 is 10.6 Å². The molecule has 1 aromatic carbocycles. The van der Waals surface area contributed by atoms with E-state index in [-0.39, 0.29) is 5.92 Å². The van der Waals surface area contributed by atoms with Crippen LogP contribution in [0.1, 0.15) is 25.6 Å². The van der Waals surface area contributed by atoms with Crippen molar-refractivity contribution in [2.45, 2.75) is 19.8 Å². The third-order valence-corrected chi connectivity index (χ3v) is 2.88. The zero-order chi connectivity index (χ0) is 13.8. The maximum absolute atomic E-state index is 5.87.